The predicted molar refractivity (Wildman–Crippen MR) is 119 cm³/mol. The summed E-state index contributed by atoms with van der Waals surface area (Å²) in [6.45, 7) is 8.34. The molecule has 0 aromatic heterocycles. The summed E-state index contributed by atoms with van der Waals surface area (Å²) in [4.78, 5) is 20.0. The van der Waals surface area contributed by atoms with Gasteiger partial charge >= 0.3 is 0 Å². The van der Waals surface area contributed by atoms with Crippen molar-refractivity contribution in [2.75, 3.05) is 44.2 Å². The average Bonchev–Trinajstić information content (AvgIpc) is 2.79. The Kier molecular flexibility index (Phi) is 6.50. The van der Waals surface area contributed by atoms with Crippen LogP contribution in [0.3, 0.4) is 0 Å². The van der Waals surface area contributed by atoms with Gasteiger partial charge in [-0.25, -0.2) is 0 Å². The van der Waals surface area contributed by atoms with Gasteiger partial charge in [0.15, 0.2) is 0 Å². The number of amides is 1. The molecule has 1 unspecified atom stereocenters. The fourth-order valence-electron chi connectivity index (χ4n) is 4.78. The van der Waals surface area contributed by atoms with Gasteiger partial charge in [0, 0.05) is 57.4 Å². The van der Waals surface area contributed by atoms with Crippen molar-refractivity contribution in [1.29, 1.82) is 0 Å². The molecule has 2 fully saturated rings. The van der Waals surface area contributed by atoms with E-state index < -0.39 is 0 Å². The van der Waals surface area contributed by atoms with E-state index >= 15 is 0 Å². The predicted octanol–water partition coefficient (Wildman–Crippen LogP) is 3.74. The molecule has 154 valence electrons. The fourth-order valence-corrected chi connectivity index (χ4v) is 4.78. The average molecular weight is 392 g/mol. The quantitative estimate of drug-likeness (QED) is 0.777. The zero-order chi connectivity index (χ0) is 20.1. The first kappa shape index (κ1) is 20.0. The molecule has 2 aliphatic rings. The highest BCUT2D eigenvalue weighted by atomic mass is 16.2. The second kappa shape index (κ2) is 9.45. The molecule has 29 heavy (non-hydrogen) atoms. The molecule has 2 aromatic rings. The number of piperidine rings is 1. The highest BCUT2D eigenvalue weighted by Crippen LogP contribution is 2.23. The van der Waals surface area contributed by atoms with Crippen LogP contribution in [0.1, 0.15) is 30.4 Å². The summed E-state index contributed by atoms with van der Waals surface area (Å²) in [5.74, 6) is 0.317. The number of hydrogen-bond donors (Lipinski definition) is 0. The molecule has 4 nitrogen and oxygen atoms in total. The third-order valence-corrected chi connectivity index (χ3v) is 6.51. The van der Waals surface area contributed by atoms with E-state index in [1.807, 2.05) is 18.2 Å². The molecule has 1 atom stereocenters. The maximum Gasteiger partial charge on any atom is 0.222 e. The molecule has 1 amide bonds. The number of aryl methyl sites for hydroxylation is 2. The Morgan fingerprint density at radius 2 is 1.66 bits per heavy atom. The molecular formula is C25H33N3O. The van der Waals surface area contributed by atoms with Gasteiger partial charge in [-0.3, -0.25) is 9.69 Å². The van der Waals surface area contributed by atoms with Gasteiger partial charge in [0.25, 0.3) is 0 Å². The van der Waals surface area contributed by atoms with Crippen molar-refractivity contribution in [1.82, 2.24) is 9.80 Å². The molecule has 2 aliphatic heterocycles. The highest BCUT2D eigenvalue weighted by molar-refractivity contribution is 5.76. The third kappa shape index (κ3) is 4.99. The van der Waals surface area contributed by atoms with Crippen LogP contribution < -0.4 is 4.90 Å². The third-order valence-electron chi connectivity index (χ3n) is 6.51. The Balaban J connectivity index is 1.28. The van der Waals surface area contributed by atoms with Crippen molar-refractivity contribution in [3.63, 3.8) is 0 Å². The van der Waals surface area contributed by atoms with E-state index in [-0.39, 0.29) is 0 Å². The normalized spacial score (nSPS) is 20.7. The maximum absolute atomic E-state index is 12.8. The first-order valence-electron chi connectivity index (χ1n) is 11.1. The Morgan fingerprint density at radius 1 is 0.931 bits per heavy atom. The van der Waals surface area contributed by atoms with Crippen molar-refractivity contribution in [2.24, 2.45) is 0 Å². The lowest BCUT2D eigenvalue weighted by molar-refractivity contribution is -0.133. The molecule has 2 aromatic carbocycles. The van der Waals surface area contributed by atoms with E-state index in [9.17, 15) is 4.79 Å². The van der Waals surface area contributed by atoms with Crippen molar-refractivity contribution < 1.29 is 4.79 Å². The van der Waals surface area contributed by atoms with Crippen molar-refractivity contribution >= 4 is 11.6 Å². The van der Waals surface area contributed by atoms with Crippen LogP contribution in [0.25, 0.3) is 0 Å². The van der Waals surface area contributed by atoms with E-state index in [1.165, 1.54) is 23.2 Å². The number of anilines is 1. The van der Waals surface area contributed by atoms with E-state index in [0.717, 1.165) is 52.1 Å². The van der Waals surface area contributed by atoms with Crippen LogP contribution in [-0.4, -0.2) is 61.0 Å². The Labute approximate surface area is 175 Å². The molecular weight excluding hydrogens is 358 g/mol. The summed E-state index contributed by atoms with van der Waals surface area (Å²) < 4.78 is 0. The summed E-state index contributed by atoms with van der Waals surface area (Å²) in [6.07, 6.45) is 3.81. The van der Waals surface area contributed by atoms with Gasteiger partial charge in [0.05, 0.1) is 0 Å². The zero-order valence-electron chi connectivity index (χ0n) is 17.6. The first-order chi connectivity index (χ1) is 14.2. The van der Waals surface area contributed by atoms with Gasteiger partial charge in [0.1, 0.15) is 0 Å². The highest BCUT2D eigenvalue weighted by Gasteiger charge is 2.30. The second-order valence-corrected chi connectivity index (χ2v) is 8.43. The van der Waals surface area contributed by atoms with Crippen LogP contribution in [0.4, 0.5) is 5.69 Å². The fraction of sp³-hybridized carbons (Fsp3) is 0.480. The van der Waals surface area contributed by atoms with Gasteiger partial charge < -0.3 is 9.80 Å². The molecule has 0 saturated carbocycles. The number of nitrogens with zero attached hydrogens (tertiary/aromatic N) is 3. The second-order valence-electron chi connectivity index (χ2n) is 8.43. The lowest BCUT2D eigenvalue weighted by Crippen LogP contribution is -2.56. The lowest BCUT2D eigenvalue weighted by Gasteiger charge is -2.44. The van der Waals surface area contributed by atoms with Crippen molar-refractivity contribution in [2.45, 2.75) is 38.6 Å². The summed E-state index contributed by atoms with van der Waals surface area (Å²) >= 11 is 0. The number of para-hydroxylation sites is 1. The van der Waals surface area contributed by atoms with E-state index in [1.54, 1.807) is 0 Å². The molecule has 0 radical (unpaired) electrons. The van der Waals surface area contributed by atoms with Crippen molar-refractivity contribution in [3.05, 3.63) is 65.7 Å². The van der Waals surface area contributed by atoms with E-state index in [2.05, 4.69) is 58.0 Å². The summed E-state index contributed by atoms with van der Waals surface area (Å²) in [5.41, 5.74) is 3.98. The monoisotopic (exact) mass is 391 g/mol. The van der Waals surface area contributed by atoms with Crippen LogP contribution in [0.2, 0.25) is 0 Å². The van der Waals surface area contributed by atoms with E-state index in [0.29, 0.717) is 18.4 Å². The summed E-state index contributed by atoms with van der Waals surface area (Å²) in [6, 6.07) is 19.5. The summed E-state index contributed by atoms with van der Waals surface area (Å²) in [5, 5.41) is 0. The minimum Gasteiger partial charge on any atom is -0.369 e. The minimum absolute atomic E-state index is 0.317. The maximum atomic E-state index is 12.8. The standard InChI is InChI=1S/C25H33N3O/c1-21-8-5-6-12-24(21)27-18-16-26(17-19-27)23-11-7-15-28(20-23)25(29)14-13-22-9-3-2-4-10-22/h2-6,8-10,12,23H,7,11,13-20H2,1H3. The van der Waals surface area contributed by atoms with Gasteiger partial charge in [-0.1, -0.05) is 48.5 Å². The van der Waals surface area contributed by atoms with Gasteiger partial charge in [0.2, 0.25) is 5.91 Å². The van der Waals surface area contributed by atoms with Crippen LogP contribution in [0.15, 0.2) is 54.6 Å². The number of hydrogen-bond acceptors (Lipinski definition) is 3. The Hall–Kier alpha value is -2.33. The number of carbonyl (C=O) groups excluding carboxylic acids is 1. The molecule has 4 rings (SSSR count). The lowest BCUT2D eigenvalue weighted by atomic mass is 10.0. The number of rotatable bonds is 5. The molecule has 0 N–H and O–H groups in total. The van der Waals surface area contributed by atoms with Crippen molar-refractivity contribution in [3.8, 4) is 0 Å². The zero-order valence-corrected chi connectivity index (χ0v) is 17.6. The number of piperazine rings is 1. The molecule has 0 aliphatic carbocycles. The molecule has 0 bridgehead atoms. The number of benzene rings is 2. The van der Waals surface area contributed by atoms with Gasteiger partial charge in [-0.05, 0) is 43.4 Å². The number of carbonyl (C=O) groups is 1. The summed E-state index contributed by atoms with van der Waals surface area (Å²) in [7, 11) is 0. The molecule has 0 spiro atoms. The Morgan fingerprint density at radius 3 is 2.41 bits per heavy atom. The van der Waals surface area contributed by atoms with Crippen LogP contribution in [-0.2, 0) is 11.2 Å². The SMILES string of the molecule is Cc1ccccc1N1CCN(C2CCCN(C(=O)CCc3ccccc3)C2)CC1. The van der Waals surface area contributed by atoms with Crippen LogP contribution >= 0.6 is 0 Å². The van der Waals surface area contributed by atoms with Crippen LogP contribution in [0, 0.1) is 6.92 Å². The van der Waals surface area contributed by atoms with Gasteiger partial charge in [-0.15, -0.1) is 0 Å². The van der Waals surface area contributed by atoms with Crippen LogP contribution in [0.5, 0.6) is 0 Å². The molecule has 2 heterocycles. The topological polar surface area (TPSA) is 26.8 Å². The largest absolute Gasteiger partial charge is 0.369 e. The van der Waals surface area contributed by atoms with Gasteiger partial charge in [-0.2, -0.15) is 0 Å². The smallest absolute Gasteiger partial charge is 0.222 e. The van der Waals surface area contributed by atoms with E-state index in [4.69, 9.17) is 0 Å². The molecule has 2 saturated heterocycles. The minimum atomic E-state index is 0.317. The molecule has 4 heteroatoms. The number of likely N-dealkylation sites (tertiary alicyclic amines) is 1. The Bertz CT molecular complexity index is 799. The first-order valence-corrected chi connectivity index (χ1v) is 11.1.